The van der Waals surface area contributed by atoms with Crippen LogP contribution in [0.25, 0.3) is 11.3 Å². The molecule has 0 aromatic carbocycles. The van der Waals surface area contributed by atoms with Crippen LogP contribution in [0.4, 0.5) is 19.1 Å². The third kappa shape index (κ3) is 5.05. The molecule has 0 atom stereocenters. The lowest BCUT2D eigenvalue weighted by Crippen LogP contribution is -2.48. The third-order valence-corrected chi connectivity index (χ3v) is 5.06. The zero-order valence-corrected chi connectivity index (χ0v) is 16.5. The average Bonchev–Trinajstić information content (AvgIpc) is 2.79. The van der Waals surface area contributed by atoms with E-state index in [9.17, 15) is 18.0 Å². The molecule has 1 aliphatic heterocycles. The second-order valence-corrected chi connectivity index (χ2v) is 7.08. The van der Waals surface area contributed by atoms with Crippen molar-refractivity contribution >= 4 is 5.95 Å². The summed E-state index contributed by atoms with van der Waals surface area (Å²) in [6, 6.07) is 7.69. The van der Waals surface area contributed by atoms with Gasteiger partial charge in [-0.1, -0.05) is 0 Å². The maximum Gasteiger partial charge on any atom is 0.433 e. The van der Waals surface area contributed by atoms with E-state index in [0.29, 0.717) is 45.0 Å². The molecule has 0 unspecified atom stereocenters. The SMILES string of the molecule is O=c1ccc(-c2ccncc2)nn1CCN1CCN(c2nccc(C(F)(F)F)n2)CC1. The summed E-state index contributed by atoms with van der Waals surface area (Å²) in [6.45, 7) is 3.26. The maximum absolute atomic E-state index is 12.9. The van der Waals surface area contributed by atoms with Crippen molar-refractivity contribution < 1.29 is 13.2 Å². The van der Waals surface area contributed by atoms with Gasteiger partial charge in [-0.25, -0.2) is 14.6 Å². The van der Waals surface area contributed by atoms with Gasteiger partial charge in [0.1, 0.15) is 5.69 Å². The highest BCUT2D eigenvalue weighted by Gasteiger charge is 2.33. The van der Waals surface area contributed by atoms with E-state index in [2.05, 4.69) is 25.0 Å². The molecule has 0 aliphatic carbocycles. The molecule has 3 aromatic heterocycles. The predicted octanol–water partition coefficient (Wildman–Crippen LogP) is 1.94. The van der Waals surface area contributed by atoms with Crippen molar-refractivity contribution in [3.05, 3.63) is 65.0 Å². The van der Waals surface area contributed by atoms with Gasteiger partial charge in [-0.05, 0) is 24.3 Å². The number of hydrogen-bond acceptors (Lipinski definition) is 7. The van der Waals surface area contributed by atoms with E-state index >= 15 is 0 Å². The van der Waals surface area contributed by atoms with Crippen LogP contribution in [0.1, 0.15) is 5.69 Å². The average molecular weight is 431 g/mol. The topological polar surface area (TPSA) is 80.0 Å². The fourth-order valence-electron chi connectivity index (χ4n) is 3.35. The first kappa shape index (κ1) is 20.9. The number of aromatic nitrogens is 5. The fraction of sp³-hybridized carbons (Fsp3) is 0.350. The highest BCUT2D eigenvalue weighted by atomic mass is 19.4. The molecule has 162 valence electrons. The van der Waals surface area contributed by atoms with Crippen LogP contribution in [-0.2, 0) is 12.7 Å². The van der Waals surface area contributed by atoms with Gasteiger partial charge in [0.2, 0.25) is 5.95 Å². The molecule has 1 saturated heterocycles. The standard InChI is InChI=1S/C20H20F3N7O/c21-20(22,23)17-5-8-25-19(26-17)29-12-9-28(10-13-29)11-14-30-18(31)2-1-16(27-30)15-3-6-24-7-4-15/h1-8H,9-14H2. The number of rotatable bonds is 5. The largest absolute Gasteiger partial charge is 0.433 e. The van der Waals surface area contributed by atoms with E-state index in [1.54, 1.807) is 23.4 Å². The zero-order valence-electron chi connectivity index (χ0n) is 16.5. The van der Waals surface area contributed by atoms with E-state index in [0.717, 1.165) is 17.8 Å². The van der Waals surface area contributed by atoms with Crippen molar-refractivity contribution in [1.29, 1.82) is 0 Å². The van der Waals surface area contributed by atoms with Crippen molar-refractivity contribution in [3.63, 3.8) is 0 Å². The minimum absolute atomic E-state index is 0.0809. The van der Waals surface area contributed by atoms with Gasteiger partial charge in [0, 0.05) is 62.9 Å². The van der Waals surface area contributed by atoms with Crippen LogP contribution in [0.5, 0.6) is 0 Å². The van der Waals surface area contributed by atoms with E-state index in [1.807, 2.05) is 12.1 Å². The molecule has 0 spiro atoms. The Hall–Kier alpha value is -3.34. The number of hydrogen-bond donors (Lipinski definition) is 0. The molecular weight excluding hydrogens is 411 g/mol. The summed E-state index contributed by atoms with van der Waals surface area (Å²) < 4.78 is 40.1. The normalized spacial score (nSPS) is 15.3. The first-order valence-corrected chi connectivity index (χ1v) is 9.76. The van der Waals surface area contributed by atoms with Crippen molar-refractivity contribution in [2.75, 3.05) is 37.6 Å². The van der Waals surface area contributed by atoms with Gasteiger partial charge >= 0.3 is 6.18 Å². The van der Waals surface area contributed by atoms with Crippen molar-refractivity contribution in [2.45, 2.75) is 12.7 Å². The molecule has 11 heteroatoms. The van der Waals surface area contributed by atoms with Gasteiger partial charge in [0.05, 0.1) is 12.2 Å². The van der Waals surface area contributed by atoms with Gasteiger partial charge in [0.25, 0.3) is 5.56 Å². The maximum atomic E-state index is 12.9. The van der Waals surface area contributed by atoms with Crippen LogP contribution in [0.2, 0.25) is 0 Å². The second kappa shape index (κ2) is 8.80. The second-order valence-electron chi connectivity index (χ2n) is 7.08. The van der Waals surface area contributed by atoms with Gasteiger partial charge in [-0.3, -0.25) is 14.7 Å². The lowest BCUT2D eigenvalue weighted by molar-refractivity contribution is -0.141. The van der Waals surface area contributed by atoms with E-state index in [1.165, 1.54) is 10.7 Å². The van der Waals surface area contributed by atoms with Crippen molar-refractivity contribution in [2.24, 2.45) is 0 Å². The Morgan fingerprint density at radius 3 is 2.35 bits per heavy atom. The Kier molecular flexibility index (Phi) is 5.94. The van der Waals surface area contributed by atoms with Crippen LogP contribution in [0, 0.1) is 0 Å². The zero-order chi connectivity index (χ0) is 21.8. The summed E-state index contributed by atoms with van der Waals surface area (Å²) >= 11 is 0. The molecule has 4 heterocycles. The molecule has 1 fully saturated rings. The van der Waals surface area contributed by atoms with Gasteiger partial charge < -0.3 is 4.90 Å². The number of nitrogens with zero attached hydrogens (tertiary/aromatic N) is 7. The van der Waals surface area contributed by atoms with Gasteiger partial charge in [-0.2, -0.15) is 18.3 Å². The quantitative estimate of drug-likeness (QED) is 0.611. The fourth-order valence-corrected chi connectivity index (χ4v) is 3.35. The molecule has 31 heavy (non-hydrogen) atoms. The number of anilines is 1. The summed E-state index contributed by atoms with van der Waals surface area (Å²) in [6.07, 6.45) is -0.0317. The summed E-state index contributed by atoms with van der Waals surface area (Å²) in [5, 5.41) is 4.43. The minimum atomic E-state index is -4.50. The molecule has 8 nitrogen and oxygen atoms in total. The lowest BCUT2D eigenvalue weighted by Gasteiger charge is -2.34. The number of pyridine rings is 1. The first-order chi connectivity index (χ1) is 14.9. The molecule has 0 N–H and O–H groups in total. The molecule has 3 aromatic rings. The number of halogens is 3. The van der Waals surface area contributed by atoms with E-state index in [-0.39, 0.29) is 11.5 Å². The lowest BCUT2D eigenvalue weighted by atomic mass is 10.2. The Bertz CT molecular complexity index is 1080. The van der Waals surface area contributed by atoms with E-state index in [4.69, 9.17) is 0 Å². The van der Waals surface area contributed by atoms with E-state index < -0.39 is 11.9 Å². The van der Waals surface area contributed by atoms with Gasteiger partial charge in [0.15, 0.2) is 0 Å². The van der Waals surface area contributed by atoms with Crippen molar-refractivity contribution in [1.82, 2.24) is 29.6 Å². The van der Waals surface area contributed by atoms with Crippen molar-refractivity contribution in [3.8, 4) is 11.3 Å². The summed E-state index contributed by atoms with van der Waals surface area (Å²) in [5.74, 6) is 0.0809. The Morgan fingerprint density at radius 2 is 1.65 bits per heavy atom. The van der Waals surface area contributed by atoms with Gasteiger partial charge in [-0.15, -0.1) is 0 Å². The highest BCUT2D eigenvalue weighted by molar-refractivity contribution is 5.56. The molecule has 0 amide bonds. The minimum Gasteiger partial charge on any atom is -0.338 e. The van der Waals surface area contributed by atoms with Crippen LogP contribution < -0.4 is 10.5 Å². The third-order valence-electron chi connectivity index (χ3n) is 5.06. The molecule has 0 saturated carbocycles. The molecule has 0 bridgehead atoms. The number of piperazine rings is 1. The molecule has 1 aliphatic rings. The van der Waals surface area contributed by atoms with Crippen LogP contribution in [-0.4, -0.2) is 62.4 Å². The Labute approximate surface area is 176 Å². The summed E-state index contributed by atoms with van der Waals surface area (Å²) in [7, 11) is 0. The first-order valence-electron chi connectivity index (χ1n) is 9.76. The summed E-state index contributed by atoms with van der Waals surface area (Å²) in [5.41, 5.74) is 0.431. The monoisotopic (exact) mass is 431 g/mol. The predicted molar refractivity (Wildman–Crippen MR) is 107 cm³/mol. The number of alkyl halides is 3. The smallest absolute Gasteiger partial charge is 0.338 e. The Morgan fingerprint density at radius 1 is 0.903 bits per heavy atom. The summed E-state index contributed by atoms with van der Waals surface area (Å²) in [4.78, 5) is 27.7. The molecule has 0 radical (unpaired) electrons. The Balaban J connectivity index is 1.36. The van der Waals surface area contributed by atoms with Crippen LogP contribution >= 0.6 is 0 Å². The molecular formula is C20H20F3N7O. The van der Waals surface area contributed by atoms with Crippen LogP contribution in [0.3, 0.4) is 0 Å². The van der Waals surface area contributed by atoms with Crippen LogP contribution in [0.15, 0.2) is 53.7 Å². The highest BCUT2D eigenvalue weighted by Crippen LogP contribution is 2.28. The molecule has 4 rings (SSSR count).